The lowest BCUT2D eigenvalue weighted by molar-refractivity contribution is 0.101. The van der Waals surface area contributed by atoms with Gasteiger partial charge >= 0.3 is 5.69 Å². The van der Waals surface area contributed by atoms with E-state index in [2.05, 4.69) is 4.98 Å². The molecular weight excluding hydrogens is 248 g/mol. The molecule has 0 saturated carbocycles. The predicted octanol–water partition coefficient (Wildman–Crippen LogP) is -1.22. The Morgan fingerprint density at radius 2 is 2.00 bits per heavy atom. The first kappa shape index (κ1) is 13.4. The first-order valence-electron chi connectivity index (χ1n) is 4.73. The van der Waals surface area contributed by atoms with E-state index in [1.165, 1.54) is 6.92 Å². The molecule has 0 fully saturated rings. The summed E-state index contributed by atoms with van der Waals surface area (Å²) >= 11 is 0. The van der Waals surface area contributed by atoms with Crippen LogP contribution in [0.1, 0.15) is 17.3 Å². The summed E-state index contributed by atoms with van der Waals surface area (Å²) in [6.45, 7) is 0.921. The van der Waals surface area contributed by atoms with E-state index in [0.717, 1.165) is 12.5 Å². The number of ketones is 1. The molecule has 0 bridgehead atoms. The minimum atomic E-state index is -3.29. The standard InChI is InChI=1S/C9H12N2O5S/c1-6(12)7-5-10-9(14)11(8(7)13)3-4-17(2,15)16/h5H,3-4H2,1-2H3,(H,10,14). The maximum absolute atomic E-state index is 11.7. The predicted molar refractivity (Wildman–Crippen MR) is 61.0 cm³/mol. The summed E-state index contributed by atoms with van der Waals surface area (Å²) in [4.78, 5) is 36.3. The maximum atomic E-state index is 11.7. The van der Waals surface area contributed by atoms with Gasteiger partial charge in [-0.1, -0.05) is 0 Å². The molecule has 1 heterocycles. The van der Waals surface area contributed by atoms with Crippen molar-refractivity contribution in [3.05, 3.63) is 32.6 Å². The van der Waals surface area contributed by atoms with Gasteiger partial charge in [0.25, 0.3) is 5.56 Å². The highest BCUT2D eigenvalue weighted by molar-refractivity contribution is 7.90. The lowest BCUT2D eigenvalue weighted by Crippen LogP contribution is -2.39. The fourth-order valence-corrected chi connectivity index (χ4v) is 1.74. The third-order valence-corrected chi connectivity index (χ3v) is 3.05. The number of hydrogen-bond acceptors (Lipinski definition) is 5. The fraction of sp³-hybridized carbons (Fsp3) is 0.444. The highest BCUT2D eigenvalue weighted by atomic mass is 32.2. The molecule has 0 atom stereocenters. The van der Waals surface area contributed by atoms with E-state index < -0.39 is 26.9 Å². The summed E-state index contributed by atoms with van der Waals surface area (Å²) in [6, 6.07) is 0. The second-order valence-corrected chi connectivity index (χ2v) is 5.91. The summed E-state index contributed by atoms with van der Waals surface area (Å²) in [5.74, 6) is -0.823. The van der Waals surface area contributed by atoms with Crippen molar-refractivity contribution in [1.82, 2.24) is 9.55 Å². The molecular formula is C9H12N2O5S. The van der Waals surface area contributed by atoms with Crippen LogP contribution in [0.15, 0.2) is 15.8 Å². The molecule has 1 N–H and O–H groups in total. The Morgan fingerprint density at radius 3 is 2.47 bits per heavy atom. The number of nitrogens with zero attached hydrogens (tertiary/aromatic N) is 1. The molecule has 0 radical (unpaired) electrons. The van der Waals surface area contributed by atoms with Crippen LogP contribution in [0.5, 0.6) is 0 Å². The van der Waals surface area contributed by atoms with Crippen molar-refractivity contribution in [3.8, 4) is 0 Å². The van der Waals surface area contributed by atoms with Crippen LogP contribution in [0.25, 0.3) is 0 Å². The van der Waals surface area contributed by atoms with Crippen molar-refractivity contribution in [2.75, 3.05) is 12.0 Å². The number of aromatic amines is 1. The van der Waals surface area contributed by atoms with E-state index in [-0.39, 0.29) is 17.9 Å². The molecule has 0 aromatic carbocycles. The SMILES string of the molecule is CC(=O)c1c[nH]c(=O)n(CCS(C)(=O)=O)c1=O. The molecule has 0 spiro atoms. The number of aromatic nitrogens is 2. The first-order valence-corrected chi connectivity index (χ1v) is 6.79. The second-order valence-electron chi connectivity index (χ2n) is 3.65. The maximum Gasteiger partial charge on any atom is 0.328 e. The molecule has 1 aromatic heterocycles. The molecule has 94 valence electrons. The smallest absolute Gasteiger partial charge is 0.313 e. The zero-order chi connectivity index (χ0) is 13.2. The van der Waals surface area contributed by atoms with Gasteiger partial charge in [0.2, 0.25) is 0 Å². The molecule has 0 saturated heterocycles. The number of nitrogens with one attached hydrogen (secondary N) is 1. The van der Waals surface area contributed by atoms with Crippen molar-refractivity contribution in [2.24, 2.45) is 0 Å². The first-order chi connectivity index (χ1) is 7.72. The Bertz CT molecular complexity index is 653. The van der Waals surface area contributed by atoms with Crippen LogP contribution in [0, 0.1) is 0 Å². The normalized spacial score (nSPS) is 11.4. The van der Waals surface area contributed by atoms with Crippen LogP contribution < -0.4 is 11.2 Å². The van der Waals surface area contributed by atoms with Gasteiger partial charge in [-0.15, -0.1) is 0 Å². The summed E-state index contributed by atoms with van der Waals surface area (Å²) in [7, 11) is -3.29. The van der Waals surface area contributed by atoms with Crippen LogP contribution in [0.4, 0.5) is 0 Å². The Hall–Kier alpha value is -1.70. The van der Waals surface area contributed by atoms with E-state index in [1.807, 2.05) is 0 Å². The molecule has 7 nitrogen and oxygen atoms in total. The van der Waals surface area contributed by atoms with Gasteiger partial charge < -0.3 is 4.98 Å². The molecule has 8 heteroatoms. The van der Waals surface area contributed by atoms with Crippen molar-refractivity contribution >= 4 is 15.6 Å². The molecule has 17 heavy (non-hydrogen) atoms. The quantitative estimate of drug-likeness (QED) is 0.683. The fourth-order valence-electron chi connectivity index (χ4n) is 1.22. The summed E-state index contributed by atoms with van der Waals surface area (Å²) in [5.41, 5.74) is -1.67. The van der Waals surface area contributed by atoms with Gasteiger partial charge in [0.15, 0.2) is 5.78 Å². The van der Waals surface area contributed by atoms with Gasteiger partial charge in [-0.25, -0.2) is 13.2 Å². The summed E-state index contributed by atoms with van der Waals surface area (Å²) < 4.78 is 22.6. The number of rotatable bonds is 4. The number of sulfone groups is 1. The molecule has 1 rings (SSSR count). The van der Waals surface area contributed by atoms with Crippen LogP contribution in [-0.4, -0.2) is 35.8 Å². The van der Waals surface area contributed by atoms with Crippen molar-refractivity contribution < 1.29 is 13.2 Å². The third kappa shape index (κ3) is 3.38. The van der Waals surface area contributed by atoms with E-state index in [4.69, 9.17) is 0 Å². The largest absolute Gasteiger partial charge is 0.328 e. The van der Waals surface area contributed by atoms with Crippen LogP contribution in [0.3, 0.4) is 0 Å². The van der Waals surface area contributed by atoms with Crippen molar-refractivity contribution in [1.29, 1.82) is 0 Å². The average Bonchev–Trinajstić information content (AvgIpc) is 2.14. The lowest BCUT2D eigenvalue weighted by Gasteiger charge is -2.04. The number of H-pyrrole nitrogens is 1. The summed E-state index contributed by atoms with van der Waals surface area (Å²) in [6.07, 6.45) is 2.03. The van der Waals surface area contributed by atoms with Gasteiger partial charge in [-0.05, 0) is 6.92 Å². The van der Waals surface area contributed by atoms with Crippen LogP contribution >= 0.6 is 0 Å². The monoisotopic (exact) mass is 260 g/mol. The Balaban J connectivity index is 3.25. The van der Waals surface area contributed by atoms with Gasteiger partial charge in [-0.3, -0.25) is 14.2 Å². The number of hydrogen-bond donors (Lipinski definition) is 1. The van der Waals surface area contributed by atoms with Crippen molar-refractivity contribution in [3.63, 3.8) is 0 Å². The lowest BCUT2D eigenvalue weighted by atomic mass is 10.2. The topological polar surface area (TPSA) is 106 Å². The molecule has 0 aliphatic heterocycles. The molecule has 0 aliphatic rings. The second kappa shape index (κ2) is 4.66. The number of Topliss-reactive ketones (excluding diaryl/α,β-unsaturated/α-hetero) is 1. The zero-order valence-electron chi connectivity index (χ0n) is 9.39. The highest BCUT2D eigenvalue weighted by Crippen LogP contribution is 1.89. The van der Waals surface area contributed by atoms with Crippen molar-refractivity contribution in [2.45, 2.75) is 13.5 Å². The number of carbonyl (C=O) groups is 1. The number of carbonyl (C=O) groups excluding carboxylic acids is 1. The minimum absolute atomic E-state index is 0.168. The Labute approximate surface area is 97.0 Å². The van der Waals surface area contributed by atoms with Crippen LogP contribution in [-0.2, 0) is 16.4 Å². The molecule has 0 unspecified atom stereocenters. The Morgan fingerprint density at radius 1 is 1.41 bits per heavy atom. The average molecular weight is 260 g/mol. The van der Waals surface area contributed by atoms with E-state index in [9.17, 15) is 22.8 Å². The zero-order valence-corrected chi connectivity index (χ0v) is 10.2. The third-order valence-electron chi connectivity index (χ3n) is 2.13. The van der Waals surface area contributed by atoms with Crippen LogP contribution in [0.2, 0.25) is 0 Å². The van der Waals surface area contributed by atoms with E-state index in [1.54, 1.807) is 0 Å². The molecule has 0 amide bonds. The summed E-state index contributed by atoms with van der Waals surface area (Å²) in [5, 5.41) is 0. The Kier molecular flexibility index (Phi) is 3.66. The van der Waals surface area contributed by atoms with E-state index in [0.29, 0.717) is 4.57 Å². The minimum Gasteiger partial charge on any atom is -0.313 e. The highest BCUT2D eigenvalue weighted by Gasteiger charge is 2.12. The van der Waals surface area contributed by atoms with E-state index >= 15 is 0 Å². The molecule has 0 aliphatic carbocycles. The molecule has 1 aromatic rings. The van der Waals surface area contributed by atoms with Gasteiger partial charge in [0.05, 0.1) is 11.3 Å². The van der Waals surface area contributed by atoms with Gasteiger partial charge in [-0.2, -0.15) is 0 Å². The van der Waals surface area contributed by atoms with Gasteiger partial charge in [0.1, 0.15) is 9.84 Å². The van der Waals surface area contributed by atoms with Gasteiger partial charge in [0, 0.05) is 19.0 Å².